The number of aliphatic hydroxyl groups excluding tert-OH is 1. The van der Waals surface area contributed by atoms with E-state index < -0.39 is 0 Å². The molecule has 1 aromatic carbocycles. The lowest BCUT2D eigenvalue weighted by molar-refractivity contribution is 0.0798. The molecule has 7 heteroatoms. The zero-order valence-corrected chi connectivity index (χ0v) is 19.3. The molecule has 5 nitrogen and oxygen atoms in total. The Balaban J connectivity index is 2.17. The molecule has 0 saturated heterocycles. The molecule has 0 radical (unpaired) electrons. The number of allylic oxidation sites excluding steroid dienone is 3. The van der Waals surface area contributed by atoms with Gasteiger partial charge in [0.15, 0.2) is 0 Å². The summed E-state index contributed by atoms with van der Waals surface area (Å²) in [6.07, 6.45) is 8.66. The van der Waals surface area contributed by atoms with Crippen molar-refractivity contribution in [3.05, 3.63) is 47.7 Å². The molecular weight excluding hydrogens is 487 g/mol. The first-order chi connectivity index (χ1) is 13.6. The summed E-state index contributed by atoms with van der Waals surface area (Å²) in [5.41, 5.74) is 4.21. The number of aliphatic imine (C=N–C) groups is 2. The van der Waals surface area contributed by atoms with Crippen LogP contribution in [-0.4, -0.2) is 36.9 Å². The van der Waals surface area contributed by atoms with Crippen molar-refractivity contribution in [2.45, 2.75) is 45.1 Å². The van der Waals surface area contributed by atoms with E-state index in [2.05, 4.69) is 18.6 Å². The number of ether oxygens (including phenoxy) is 1. The highest BCUT2D eigenvalue weighted by atomic mass is 127. The Kier molecular flexibility index (Phi) is 10.3. The minimum atomic E-state index is -0.383. The highest BCUT2D eigenvalue weighted by molar-refractivity contribution is 14.2. The average molecular weight is 514 g/mol. The minimum absolute atomic E-state index is 0.0907. The van der Waals surface area contributed by atoms with Crippen LogP contribution in [0.15, 0.2) is 52.1 Å². The van der Waals surface area contributed by atoms with Gasteiger partial charge in [-0.3, -0.25) is 9.98 Å². The van der Waals surface area contributed by atoms with Crippen molar-refractivity contribution in [1.29, 1.82) is 0 Å². The Bertz CT molecular complexity index is 745. The number of rotatable bonds is 12. The van der Waals surface area contributed by atoms with E-state index in [0.29, 0.717) is 12.5 Å². The van der Waals surface area contributed by atoms with Gasteiger partial charge in [0.25, 0.3) is 0 Å². The van der Waals surface area contributed by atoms with E-state index in [1.165, 1.54) is 27.6 Å². The number of halogens is 1. The Morgan fingerprint density at radius 2 is 2.21 bits per heavy atom. The molecule has 0 heterocycles. The summed E-state index contributed by atoms with van der Waals surface area (Å²) < 4.78 is 11.2. The van der Waals surface area contributed by atoms with Crippen molar-refractivity contribution >= 4 is 48.5 Å². The van der Waals surface area contributed by atoms with E-state index in [1.807, 2.05) is 58.5 Å². The first-order valence-electron chi connectivity index (χ1n) is 9.31. The SMILES string of the molecule is C=N/C=C(/C=C/C(C)=Nc1ccc(OC(CO)COSI)cc1C1CC1)CC. The number of hydrogen-bond donors (Lipinski definition) is 1. The molecule has 1 saturated carbocycles. The first-order valence-corrected chi connectivity index (χ1v) is 12.6. The fourth-order valence-corrected chi connectivity index (χ4v) is 3.32. The van der Waals surface area contributed by atoms with Crippen LogP contribution in [0.3, 0.4) is 0 Å². The van der Waals surface area contributed by atoms with Crippen molar-refractivity contribution < 1.29 is 14.0 Å². The molecular formula is C21H27IN2O3S. The molecule has 0 spiro atoms. The Labute approximate surface area is 183 Å². The van der Waals surface area contributed by atoms with Crippen molar-refractivity contribution in [2.24, 2.45) is 9.98 Å². The largest absolute Gasteiger partial charge is 0.486 e. The Hall–Kier alpha value is -1.16. The second kappa shape index (κ2) is 12.4. The number of hydrogen-bond acceptors (Lipinski definition) is 6. The van der Waals surface area contributed by atoms with Crippen LogP contribution in [0.2, 0.25) is 0 Å². The fourth-order valence-electron chi connectivity index (χ4n) is 2.67. The third-order valence-electron chi connectivity index (χ3n) is 4.32. The quantitative estimate of drug-likeness (QED) is 0.162. The summed E-state index contributed by atoms with van der Waals surface area (Å²) in [4.78, 5) is 8.63. The van der Waals surface area contributed by atoms with Gasteiger partial charge in [-0.2, -0.15) is 0 Å². The van der Waals surface area contributed by atoms with Crippen LogP contribution in [0.25, 0.3) is 0 Å². The van der Waals surface area contributed by atoms with Crippen LogP contribution >= 0.6 is 30.4 Å². The topological polar surface area (TPSA) is 63.4 Å². The molecule has 1 N–H and O–H groups in total. The summed E-state index contributed by atoms with van der Waals surface area (Å²) in [6.45, 7) is 7.82. The van der Waals surface area contributed by atoms with Gasteiger partial charge in [0.05, 0.1) is 21.5 Å². The summed E-state index contributed by atoms with van der Waals surface area (Å²) in [5.74, 6) is 1.27. The van der Waals surface area contributed by atoms with Crippen LogP contribution in [0, 0.1) is 0 Å². The number of aliphatic hydroxyl groups is 1. The molecule has 28 heavy (non-hydrogen) atoms. The minimum Gasteiger partial charge on any atom is -0.486 e. The van der Waals surface area contributed by atoms with Gasteiger partial charge in [0.2, 0.25) is 0 Å². The monoisotopic (exact) mass is 514 g/mol. The summed E-state index contributed by atoms with van der Waals surface area (Å²) in [7, 11) is 1.24. The second-order valence-electron chi connectivity index (χ2n) is 6.59. The maximum absolute atomic E-state index is 9.48. The van der Waals surface area contributed by atoms with Gasteiger partial charge in [-0.1, -0.05) is 13.0 Å². The van der Waals surface area contributed by atoms with Crippen LogP contribution in [0.4, 0.5) is 5.69 Å². The van der Waals surface area contributed by atoms with E-state index in [1.54, 1.807) is 6.20 Å². The van der Waals surface area contributed by atoms with E-state index in [9.17, 15) is 5.11 Å². The van der Waals surface area contributed by atoms with E-state index in [-0.39, 0.29) is 12.7 Å². The number of nitrogens with zero attached hydrogens (tertiary/aromatic N) is 2. The first kappa shape index (κ1) is 23.1. The van der Waals surface area contributed by atoms with Gasteiger partial charge in [-0.25, -0.2) is 0 Å². The third kappa shape index (κ3) is 7.69. The van der Waals surface area contributed by atoms with Gasteiger partial charge in [-0.05, 0) is 74.2 Å². The molecule has 1 aliphatic carbocycles. The highest BCUT2D eigenvalue weighted by Gasteiger charge is 2.27. The summed E-state index contributed by atoms with van der Waals surface area (Å²) >= 11 is 2.05. The lowest BCUT2D eigenvalue weighted by Gasteiger charge is -2.17. The predicted molar refractivity (Wildman–Crippen MR) is 127 cm³/mol. The van der Waals surface area contributed by atoms with E-state index >= 15 is 0 Å². The molecule has 1 aromatic rings. The molecule has 1 atom stereocenters. The molecule has 2 rings (SSSR count). The average Bonchev–Trinajstić information content (AvgIpc) is 3.54. The lowest BCUT2D eigenvalue weighted by Crippen LogP contribution is -2.25. The van der Waals surface area contributed by atoms with Crippen LogP contribution in [-0.2, 0) is 4.18 Å². The number of benzene rings is 1. The predicted octanol–water partition coefficient (Wildman–Crippen LogP) is 5.96. The molecule has 152 valence electrons. The lowest BCUT2D eigenvalue weighted by atomic mass is 10.1. The van der Waals surface area contributed by atoms with Gasteiger partial charge < -0.3 is 14.0 Å². The molecule has 0 bridgehead atoms. The maximum atomic E-state index is 9.48. The third-order valence-corrected chi connectivity index (χ3v) is 5.31. The zero-order chi connectivity index (χ0) is 20.4. The molecule has 1 aliphatic rings. The smallest absolute Gasteiger partial charge is 0.146 e. The molecule has 0 aromatic heterocycles. The highest BCUT2D eigenvalue weighted by Crippen LogP contribution is 2.45. The zero-order valence-electron chi connectivity index (χ0n) is 16.3. The van der Waals surface area contributed by atoms with Gasteiger partial charge in [0, 0.05) is 33.1 Å². The Morgan fingerprint density at radius 1 is 1.43 bits per heavy atom. The Morgan fingerprint density at radius 3 is 2.82 bits per heavy atom. The van der Waals surface area contributed by atoms with E-state index in [0.717, 1.165) is 29.1 Å². The van der Waals surface area contributed by atoms with Crippen molar-refractivity contribution in [3.63, 3.8) is 0 Å². The van der Waals surface area contributed by atoms with Crippen LogP contribution in [0.1, 0.15) is 44.6 Å². The van der Waals surface area contributed by atoms with Gasteiger partial charge in [0.1, 0.15) is 18.5 Å². The van der Waals surface area contributed by atoms with Gasteiger partial charge >= 0.3 is 0 Å². The summed E-state index contributed by atoms with van der Waals surface area (Å²) in [6, 6.07) is 5.94. The van der Waals surface area contributed by atoms with Crippen molar-refractivity contribution in [3.8, 4) is 5.75 Å². The van der Waals surface area contributed by atoms with E-state index in [4.69, 9.17) is 13.9 Å². The molecule has 1 fully saturated rings. The standard InChI is InChI=1S/C21H27IN2O3S/c1-4-16(12-23-3)6-5-15(2)24-21-10-9-18(11-20(21)17-7-8-17)27-19(13-25)14-26-28-22/h5-6,9-12,17,19,25H,3-4,7-8,13-14H2,1-2H3/b6-5+,16-12+,24-15?. The van der Waals surface area contributed by atoms with Crippen LogP contribution in [0.5, 0.6) is 5.75 Å². The maximum Gasteiger partial charge on any atom is 0.146 e. The van der Waals surface area contributed by atoms with Crippen LogP contribution < -0.4 is 4.74 Å². The van der Waals surface area contributed by atoms with Crippen molar-refractivity contribution in [2.75, 3.05) is 13.2 Å². The van der Waals surface area contributed by atoms with Crippen molar-refractivity contribution in [1.82, 2.24) is 0 Å². The normalized spacial score (nSPS) is 16.4. The molecule has 0 aliphatic heterocycles. The molecule has 0 amide bonds. The second-order valence-corrected chi connectivity index (χ2v) is 8.03. The summed E-state index contributed by atoms with van der Waals surface area (Å²) in [5, 5.41) is 9.48. The van der Waals surface area contributed by atoms with Gasteiger partial charge in [-0.15, -0.1) is 0 Å². The molecule has 1 unspecified atom stereocenters. The fraction of sp³-hybridized carbons (Fsp3) is 0.429.